The molecule has 0 aliphatic carbocycles. The van der Waals surface area contributed by atoms with Crippen LogP contribution in [-0.4, -0.2) is 55.1 Å². The van der Waals surface area contributed by atoms with Crippen LogP contribution in [0.15, 0.2) is 12.2 Å². The summed E-state index contributed by atoms with van der Waals surface area (Å²) in [4.78, 5) is 12.7. The van der Waals surface area contributed by atoms with Crippen LogP contribution in [0.5, 0.6) is 0 Å². The summed E-state index contributed by atoms with van der Waals surface area (Å²) < 4.78 is 36.1. The molecule has 0 amide bonds. The smallest absolute Gasteiger partial charge is 0.394 e. The number of carbonyl (C=O) groups excluding carboxylic acids is 1. The molecule has 19 heavy (non-hydrogen) atoms. The van der Waals surface area contributed by atoms with Gasteiger partial charge in [-0.2, -0.15) is 8.42 Å². The zero-order valence-corrected chi connectivity index (χ0v) is 13.0. The first kappa shape index (κ1) is 23.2. The standard InChI is InChI=1S/C6H10O2.C5H13N.H2O4S/c1-4-8-6(7)5(2)3;1-4-6(3)5-2;1-5(2,3)4/h2,4H2,1,3H3;4-5H2,1-3H3;(H2,1,2,3,4). The number of ether oxygens (including phenoxy) is 1. The molecule has 0 saturated carbocycles. The van der Waals surface area contributed by atoms with E-state index in [2.05, 4.69) is 37.1 Å². The Morgan fingerprint density at radius 3 is 1.58 bits per heavy atom. The minimum Gasteiger partial charge on any atom is -0.463 e. The minimum atomic E-state index is -4.67. The summed E-state index contributed by atoms with van der Waals surface area (Å²) in [6, 6.07) is 0. The summed E-state index contributed by atoms with van der Waals surface area (Å²) in [5.74, 6) is -0.312. The van der Waals surface area contributed by atoms with Crippen molar-refractivity contribution in [2.45, 2.75) is 27.7 Å². The summed E-state index contributed by atoms with van der Waals surface area (Å²) in [5, 5.41) is 0. The van der Waals surface area contributed by atoms with Gasteiger partial charge < -0.3 is 9.64 Å². The Kier molecular flexibility index (Phi) is 16.4. The third-order valence-electron chi connectivity index (χ3n) is 1.70. The molecule has 2 N–H and O–H groups in total. The molecule has 116 valence electrons. The first-order valence-corrected chi connectivity index (χ1v) is 7.10. The molecule has 0 saturated heterocycles. The topological polar surface area (TPSA) is 104 Å². The Bertz CT molecular complexity index is 327. The Hall–Kier alpha value is -0.960. The van der Waals surface area contributed by atoms with Gasteiger partial charge in [0.2, 0.25) is 0 Å². The molecule has 0 aromatic rings. The lowest BCUT2D eigenvalue weighted by molar-refractivity contribution is -0.138. The number of hydrogen-bond acceptors (Lipinski definition) is 5. The fourth-order valence-electron chi connectivity index (χ4n) is 0.478. The molecule has 0 aliphatic rings. The molecule has 0 aliphatic heterocycles. The van der Waals surface area contributed by atoms with Gasteiger partial charge in [0, 0.05) is 5.57 Å². The number of nitrogens with zero attached hydrogens (tertiary/aromatic N) is 1. The van der Waals surface area contributed by atoms with Crippen LogP contribution in [0, 0.1) is 0 Å². The van der Waals surface area contributed by atoms with Crippen LogP contribution in [0.4, 0.5) is 0 Å². The molecule has 0 radical (unpaired) electrons. The van der Waals surface area contributed by atoms with Crippen LogP contribution in [-0.2, 0) is 19.9 Å². The molecule has 0 unspecified atom stereocenters. The summed E-state index contributed by atoms with van der Waals surface area (Å²) in [5.41, 5.74) is 0.451. The van der Waals surface area contributed by atoms with Gasteiger partial charge in [0.15, 0.2) is 0 Å². The van der Waals surface area contributed by atoms with Crippen molar-refractivity contribution < 1.29 is 27.1 Å². The quantitative estimate of drug-likeness (QED) is 0.459. The highest BCUT2D eigenvalue weighted by molar-refractivity contribution is 7.79. The lowest BCUT2D eigenvalue weighted by Gasteiger charge is -2.07. The molecule has 8 heteroatoms. The second kappa shape index (κ2) is 13.5. The highest BCUT2D eigenvalue weighted by atomic mass is 32.3. The number of hydrogen-bond donors (Lipinski definition) is 2. The lowest BCUT2D eigenvalue weighted by Crippen LogP contribution is -2.15. The van der Waals surface area contributed by atoms with E-state index in [0.29, 0.717) is 12.2 Å². The molecular weight excluding hydrogens is 274 g/mol. The lowest BCUT2D eigenvalue weighted by atomic mass is 10.4. The fourth-order valence-corrected chi connectivity index (χ4v) is 0.478. The molecule has 0 spiro atoms. The zero-order valence-electron chi connectivity index (χ0n) is 12.2. The highest BCUT2D eigenvalue weighted by Gasteiger charge is 1.98. The van der Waals surface area contributed by atoms with Gasteiger partial charge in [0.05, 0.1) is 6.61 Å². The van der Waals surface area contributed by atoms with Crippen molar-refractivity contribution in [2.24, 2.45) is 0 Å². The van der Waals surface area contributed by atoms with Gasteiger partial charge in [-0.15, -0.1) is 0 Å². The van der Waals surface area contributed by atoms with Crippen LogP contribution in [0.25, 0.3) is 0 Å². The van der Waals surface area contributed by atoms with Crippen molar-refractivity contribution in [1.82, 2.24) is 4.90 Å². The first-order valence-electron chi connectivity index (χ1n) is 5.70. The normalized spacial score (nSPS) is 9.68. The molecule has 0 aromatic carbocycles. The summed E-state index contributed by atoms with van der Waals surface area (Å²) in [6.07, 6.45) is 0. The Labute approximate surface area is 115 Å². The summed E-state index contributed by atoms with van der Waals surface area (Å²) in [6.45, 7) is 13.8. The van der Waals surface area contributed by atoms with Crippen LogP contribution >= 0.6 is 0 Å². The van der Waals surface area contributed by atoms with E-state index in [1.165, 1.54) is 0 Å². The predicted octanol–water partition coefficient (Wildman–Crippen LogP) is 1.43. The van der Waals surface area contributed by atoms with Gasteiger partial charge in [-0.3, -0.25) is 9.11 Å². The molecule has 0 fully saturated rings. The van der Waals surface area contributed by atoms with Crippen molar-refractivity contribution in [3.63, 3.8) is 0 Å². The highest BCUT2D eigenvalue weighted by Crippen LogP contribution is 1.89. The van der Waals surface area contributed by atoms with Crippen LogP contribution < -0.4 is 0 Å². The van der Waals surface area contributed by atoms with Crippen molar-refractivity contribution in [3.8, 4) is 0 Å². The first-order chi connectivity index (χ1) is 8.49. The molecule has 7 nitrogen and oxygen atoms in total. The van der Waals surface area contributed by atoms with Gasteiger partial charge in [0.1, 0.15) is 0 Å². The summed E-state index contributed by atoms with van der Waals surface area (Å²) >= 11 is 0. The van der Waals surface area contributed by atoms with Gasteiger partial charge >= 0.3 is 16.4 Å². The molecule has 0 heterocycles. The van der Waals surface area contributed by atoms with E-state index in [1.54, 1.807) is 13.8 Å². The summed E-state index contributed by atoms with van der Waals surface area (Å²) in [7, 11) is -2.56. The molecule has 0 rings (SSSR count). The number of carbonyl (C=O) groups is 1. The maximum absolute atomic E-state index is 10.4. The third-order valence-corrected chi connectivity index (χ3v) is 1.70. The van der Waals surface area contributed by atoms with Gasteiger partial charge in [-0.1, -0.05) is 20.4 Å². The monoisotopic (exact) mass is 299 g/mol. The molecular formula is C11H25NO6S. The Morgan fingerprint density at radius 1 is 1.21 bits per heavy atom. The number of esters is 1. The van der Waals surface area contributed by atoms with Crippen molar-refractivity contribution >= 4 is 16.4 Å². The average Bonchev–Trinajstić information content (AvgIpc) is 2.26. The van der Waals surface area contributed by atoms with Gasteiger partial charge in [-0.05, 0) is 34.0 Å². The van der Waals surface area contributed by atoms with E-state index in [4.69, 9.17) is 17.5 Å². The Balaban J connectivity index is -0.000000209. The third kappa shape index (κ3) is 38.2. The van der Waals surface area contributed by atoms with Crippen LogP contribution in [0.3, 0.4) is 0 Å². The second-order valence-electron chi connectivity index (χ2n) is 3.44. The second-order valence-corrected chi connectivity index (χ2v) is 4.33. The predicted molar refractivity (Wildman–Crippen MR) is 74.5 cm³/mol. The van der Waals surface area contributed by atoms with Crippen molar-refractivity contribution in [3.05, 3.63) is 12.2 Å². The van der Waals surface area contributed by atoms with Crippen molar-refractivity contribution in [2.75, 3.05) is 26.7 Å². The van der Waals surface area contributed by atoms with Gasteiger partial charge in [-0.25, -0.2) is 4.79 Å². The maximum Gasteiger partial charge on any atom is 0.394 e. The molecule has 0 atom stereocenters. The molecule has 0 bridgehead atoms. The largest absolute Gasteiger partial charge is 0.463 e. The number of rotatable bonds is 4. The van der Waals surface area contributed by atoms with Crippen LogP contribution in [0.1, 0.15) is 27.7 Å². The average molecular weight is 299 g/mol. The van der Waals surface area contributed by atoms with Gasteiger partial charge in [0.25, 0.3) is 0 Å². The van der Waals surface area contributed by atoms with E-state index in [1.807, 2.05) is 0 Å². The fraction of sp³-hybridized carbons (Fsp3) is 0.727. The van der Waals surface area contributed by atoms with E-state index in [0.717, 1.165) is 13.1 Å². The Morgan fingerprint density at radius 2 is 1.53 bits per heavy atom. The SMILES string of the molecule is C=C(C)C(=O)OCC.CCN(C)CC.O=S(=O)(O)O. The molecule has 0 aromatic heterocycles. The van der Waals surface area contributed by atoms with Crippen molar-refractivity contribution in [1.29, 1.82) is 0 Å². The van der Waals surface area contributed by atoms with E-state index >= 15 is 0 Å². The minimum absolute atomic E-state index is 0.312. The maximum atomic E-state index is 10.4. The van der Waals surface area contributed by atoms with E-state index in [-0.39, 0.29) is 5.97 Å². The zero-order chi connectivity index (χ0) is 16.1. The van der Waals surface area contributed by atoms with E-state index in [9.17, 15) is 4.79 Å². The van der Waals surface area contributed by atoms with E-state index < -0.39 is 10.4 Å². The van der Waals surface area contributed by atoms with Crippen LogP contribution in [0.2, 0.25) is 0 Å².